The first kappa shape index (κ1) is 12.7. The third-order valence-electron chi connectivity index (χ3n) is 3.99. The average Bonchev–Trinajstić information content (AvgIpc) is 2.84. The minimum absolute atomic E-state index is 0.282. The van der Waals surface area contributed by atoms with Crippen molar-refractivity contribution in [1.29, 1.82) is 0 Å². The van der Waals surface area contributed by atoms with E-state index in [0.29, 0.717) is 6.04 Å². The summed E-state index contributed by atoms with van der Waals surface area (Å²) in [6, 6.07) is 0.734. The summed E-state index contributed by atoms with van der Waals surface area (Å²) in [7, 11) is 0. The highest BCUT2D eigenvalue weighted by Gasteiger charge is 2.31. The van der Waals surface area contributed by atoms with Gasteiger partial charge < -0.3 is 15.5 Å². The lowest BCUT2D eigenvalue weighted by Crippen LogP contribution is -2.47. The zero-order chi connectivity index (χ0) is 12.1. The number of piperidine rings is 1. The molecule has 0 aromatic rings. The van der Waals surface area contributed by atoms with Crippen LogP contribution in [0.5, 0.6) is 0 Å². The zero-order valence-electron chi connectivity index (χ0n) is 10.7. The standard InChI is InChI=1S/C13H25N3O/c14-8-4-6-12-7-5-11-16(12)13(17)15-9-2-1-3-10-15/h12H,1-11,14H2. The van der Waals surface area contributed by atoms with Gasteiger partial charge in [0.2, 0.25) is 0 Å². The number of rotatable bonds is 3. The van der Waals surface area contributed by atoms with Crippen molar-refractivity contribution in [3.8, 4) is 0 Å². The van der Waals surface area contributed by atoms with Crippen molar-refractivity contribution >= 4 is 6.03 Å². The van der Waals surface area contributed by atoms with Crippen LogP contribution >= 0.6 is 0 Å². The minimum Gasteiger partial charge on any atom is -0.330 e. The molecule has 2 saturated heterocycles. The van der Waals surface area contributed by atoms with Crippen LogP contribution in [0.4, 0.5) is 4.79 Å². The molecule has 0 bridgehead atoms. The summed E-state index contributed by atoms with van der Waals surface area (Å²) in [6.45, 7) is 3.60. The van der Waals surface area contributed by atoms with Gasteiger partial charge in [-0.2, -0.15) is 0 Å². The highest BCUT2D eigenvalue weighted by Crippen LogP contribution is 2.23. The molecular formula is C13H25N3O. The number of hydrogen-bond acceptors (Lipinski definition) is 2. The van der Waals surface area contributed by atoms with Crippen LogP contribution in [0, 0.1) is 0 Å². The number of hydrogen-bond donors (Lipinski definition) is 1. The number of carbonyl (C=O) groups excluding carboxylic acids is 1. The molecule has 2 N–H and O–H groups in total. The van der Waals surface area contributed by atoms with Crippen molar-refractivity contribution in [2.45, 2.75) is 51.0 Å². The predicted molar refractivity (Wildman–Crippen MR) is 68.8 cm³/mol. The fraction of sp³-hybridized carbons (Fsp3) is 0.923. The van der Waals surface area contributed by atoms with E-state index in [1.54, 1.807) is 0 Å². The van der Waals surface area contributed by atoms with E-state index in [2.05, 4.69) is 4.90 Å². The van der Waals surface area contributed by atoms with Crippen molar-refractivity contribution in [2.24, 2.45) is 5.73 Å². The van der Waals surface area contributed by atoms with Gasteiger partial charge in [-0.25, -0.2) is 4.79 Å². The largest absolute Gasteiger partial charge is 0.330 e. The van der Waals surface area contributed by atoms with E-state index in [1.807, 2.05) is 4.90 Å². The number of urea groups is 1. The van der Waals surface area contributed by atoms with Crippen molar-refractivity contribution in [2.75, 3.05) is 26.2 Å². The van der Waals surface area contributed by atoms with E-state index >= 15 is 0 Å². The Morgan fingerprint density at radius 3 is 2.59 bits per heavy atom. The first-order valence-electron chi connectivity index (χ1n) is 7.08. The third kappa shape index (κ3) is 3.12. The fourth-order valence-corrected chi connectivity index (χ4v) is 3.01. The van der Waals surface area contributed by atoms with Crippen molar-refractivity contribution < 1.29 is 4.79 Å². The molecule has 0 aliphatic carbocycles. The van der Waals surface area contributed by atoms with E-state index in [0.717, 1.165) is 45.4 Å². The molecule has 0 saturated carbocycles. The molecule has 17 heavy (non-hydrogen) atoms. The van der Waals surface area contributed by atoms with Crippen LogP contribution in [0.25, 0.3) is 0 Å². The number of carbonyl (C=O) groups is 1. The lowest BCUT2D eigenvalue weighted by molar-refractivity contribution is 0.137. The maximum absolute atomic E-state index is 12.4. The molecule has 98 valence electrons. The molecule has 4 heteroatoms. The quantitative estimate of drug-likeness (QED) is 0.816. The van der Waals surface area contributed by atoms with Gasteiger partial charge in [0, 0.05) is 25.7 Å². The molecule has 2 aliphatic heterocycles. The predicted octanol–water partition coefficient (Wildman–Crippen LogP) is 1.80. The van der Waals surface area contributed by atoms with Gasteiger partial charge in [0.15, 0.2) is 0 Å². The van der Waals surface area contributed by atoms with Crippen LogP contribution in [0.1, 0.15) is 44.9 Å². The van der Waals surface area contributed by atoms with Crippen LogP contribution in [-0.2, 0) is 0 Å². The average molecular weight is 239 g/mol. The molecule has 2 rings (SSSR count). The molecule has 0 spiro atoms. The van der Waals surface area contributed by atoms with Crippen LogP contribution < -0.4 is 5.73 Å². The van der Waals surface area contributed by atoms with Gasteiger partial charge in [-0.1, -0.05) is 0 Å². The lowest BCUT2D eigenvalue weighted by atomic mass is 10.1. The zero-order valence-corrected chi connectivity index (χ0v) is 10.7. The van der Waals surface area contributed by atoms with Gasteiger partial charge in [0.05, 0.1) is 0 Å². The van der Waals surface area contributed by atoms with E-state index in [4.69, 9.17) is 5.73 Å². The molecule has 2 fully saturated rings. The Bertz CT molecular complexity index is 251. The Morgan fingerprint density at radius 2 is 1.88 bits per heavy atom. The van der Waals surface area contributed by atoms with Crippen molar-refractivity contribution in [3.05, 3.63) is 0 Å². The monoisotopic (exact) mass is 239 g/mol. The second kappa shape index (κ2) is 6.24. The molecule has 1 atom stereocenters. The second-order valence-corrected chi connectivity index (χ2v) is 5.25. The molecular weight excluding hydrogens is 214 g/mol. The third-order valence-corrected chi connectivity index (χ3v) is 3.99. The van der Waals surface area contributed by atoms with Crippen LogP contribution in [0.3, 0.4) is 0 Å². The van der Waals surface area contributed by atoms with E-state index in [-0.39, 0.29) is 6.03 Å². The van der Waals surface area contributed by atoms with Crippen molar-refractivity contribution in [3.63, 3.8) is 0 Å². The van der Waals surface area contributed by atoms with Gasteiger partial charge in [0.1, 0.15) is 0 Å². The molecule has 4 nitrogen and oxygen atoms in total. The van der Waals surface area contributed by atoms with E-state index in [1.165, 1.54) is 25.7 Å². The van der Waals surface area contributed by atoms with Gasteiger partial charge in [0.25, 0.3) is 0 Å². The normalized spacial score (nSPS) is 25.4. The first-order chi connectivity index (χ1) is 8.33. The van der Waals surface area contributed by atoms with Crippen LogP contribution in [0.15, 0.2) is 0 Å². The Hall–Kier alpha value is -0.770. The van der Waals surface area contributed by atoms with Gasteiger partial charge in [-0.3, -0.25) is 0 Å². The summed E-state index contributed by atoms with van der Waals surface area (Å²) in [5.41, 5.74) is 5.56. The molecule has 2 aliphatic rings. The number of nitrogens with zero attached hydrogens (tertiary/aromatic N) is 2. The van der Waals surface area contributed by atoms with Gasteiger partial charge in [-0.05, 0) is 51.5 Å². The molecule has 0 aromatic heterocycles. The summed E-state index contributed by atoms with van der Waals surface area (Å²) >= 11 is 0. The molecule has 2 heterocycles. The Balaban J connectivity index is 1.88. The smallest absolute Gasteiger partial charge is 0.320 e. The summed E-state index contributed by atoms with van der Waals surface area (Å²) in [6.07, 6.45) is 8.07. The van der Waals surface area contributed by atoms with Crippen LogP contribution in [-0.4, -0.2) is 48.1 Å². The van der Waals surface area contributed by atoms with Crippen LogP contribution in [0.2, 0.25) is 0 Å². The van der Waals surface area contributed by atoms with Gasteiger partial charge in [-0.15, -0.1) is 0 Å². The lowest BCUT2D eigenvalue weighted by Gasteiger charge is -2.34. The summed E-state index contributed by atoms with van der Waals surface area (Å²) < 4.78 is 0. The molecule has 2 amide bonds. The maximum Gasteiger partial charge on any atom is 0.320 e. The number of nitrogens with two attached hydrogens (primary N) is 1. The fourth-order valence-electron chi connectivity index (χ4n) is 3.01. The van der Waals surface area contributed by atoms with E-state index in [9.17, 15) is 4.79 Å². The molecule has 0 radical (unpaired) electrons. The summed E-state index contributed by atoms with van der Waals surface area (Å²) in [5, 5.41) is 0. The first-order valence-corrected chi connectivity index (χ1v) is 7.08. The topological polar surface area (TPSA) is 49.6 Å². The SMILES string of the molecule is NCCCC1CCCN1C(=O)N1CCCCC1. The second-order valence-electron chi connectivity index (χ2n) is 5.25. The number of likely N-dealkylation sites (tertiary alicyclic amines) is 2. The summed E-state index contributed by atoms with van der Waals surface area (Å²) in [4.78, 5) is 16.5. The molecule has 0 aromatic carbocycles. The highest BCUT2D eigenvalue weighted by atomic mass is 16.2. The Kier molecular flexibility index (Phi) is 4.66. The van der Waals surface area contributed by atoms with E-state index < -0.39 is 0 Å². The van der Waals surface area contributed by atoms with Gasteiger partial charge >= 0.3 is 6.03 Å². The Labute approximate surface area is 104 Å². The highest BCUT2D eigenvalue weighted by molar-refractivity contribution is 5.75. The Morgan fingerprint density at radius 1 is 1.12 bits per heavy atom. The summed E-state index contributed by atoms with van der Waals surface area (Å²) in [5.74, 6) is 0. The molecule has 1 unspecified atom stereocenters. The maximum atomic E-state index is 12.4. The number of amides is 2. The van der Waals surface area contributed by atoms with Crippen molar-refractivity contribution in [1.82, 2.24) is 9.80 Å². The minimum atomic E-state index is 0.282.